The minimum atomic E-state index is -1.69. The first-order valence-corrected chi connectivity index (χ1v) is 30.8. The van der Waals surface area contributed by atoms with Gasteiger partial charge in [-0.15, -0.1) is 0 Å². The number of halogens is 5. The Morgan fingerprint density at radius 1 is 0.976 bits per heavy atom. The second-order valence-electron chi connectivity index (χ2n) is 22.8. The highest BCUT2D eigenvalue weighted by Gasteiger charge is 2.64. The molecule has 23 heteroatoms. The lowest BCUT2D eigenvalue weighted by Gasteiger charge is -2.41. The summed E-state index contributed by atoms with van der Waals surface area (Å²) in [6.45, 7) is 10.6. The number of esters is 1. The third kappa shape index (κ3) is 19.2. The molecule has 0 aliphatic carbocycles. The Kier molecular flexibility index (Phi) is 25.9. The molecular formula is C60H80Br2ClF2N5O13. The zero-order chi connectivity index (χ0) is 61.5. The quantitative estimate of drug-likeness (QED) is 0.0269. The van der Waals surface area contributed by atoms with E-state index in [0.717, 1.165) is 30.0 Å². The normalized spacial score (nSPS) is 24.6. The summed E-state index contributed by atoms with van der Waals surface area (Å²) in [7, 11) is 2.94. The molecule has 2 fully saturated rings. The predicted octanol–water partition coefficient (Wildman–Crippen LogP) is 9.79. The van der Waals surface area contributed by atoms with Gasteiger partial charge < -0.3 is 45.3 Å². The van der Waals surface area contributed by atoms with Crippen LogP contribution in [0.3, 0.4) is 0 Å². The van der Waals surface area contributed by atoms with Crippen LogP contribution in [-0.4, -0.2) is 125 Å². The molecule has 0 spiro atoms. The number of ether oxygens (including phenoxy) is 4. The Morgan fingerprint density at radius 3 is 2.31 bits per heavy atom. The van der Waals surface area contributed by atoms with Crippen LogP contribution in [0.25, 0.3) is 0 Å². The second kappa shape index (κ2) is 31.3. The molecular weight excluding hydrogens is 1230 g/mol. The number of ketones is 3. The van der Waals surface area contributed by atoms with Crippen LogP contribution in [0, 0.1) is 42.2 Å². The van der Waals surface area contributed by atoms with Gasteiger partial charge in [0.2, 0.25) is 11.8 Å². The molecule has 3 aliphatic heterocycles. The van der Waals surface area contributed by atoms with Crippen LogP contribution in [0.15, 0.2) is 48.1 Å². The monoisotopic (exact) mass is 1310 g/mol. The maximum Gasteiger partial charge on any atom is 0.412 e. The summed E-state index contributed by atoms with van der Waals surface area (Å²) >= 11 is 13.5. The van der Waals surface area contributed by atoms with Crippen molar-refractivity contribution < 1.29 is 71.2 Å². The molecule has 3 heterocycles. The minimum Gasteiger partial charge on any atom is -0.462 e. The van der Waals surface area contributed by atoms with Crippen molar-refractivity contribution in [3.8, 4) is 0 Å². The molecule has 2 aromatic rings. The maximum absolute atomic E-state index is 16.1. The van der Waals surface area contributed by atoms with Gasteiger partial charge in [0, 0.05) is 87.3 Å². The summed E-state index contributed by atoms with van der Waals surface area (Å²) in [4.78, 5) is 107. The number of allylic oxidation sites excluding steroid dienone is 3. The van der Waals surface area contributed by atoms with Gasteiger partial charge in [-0.3, -0.25) is 34.1 Å². The first-order chi connectivity index (χ1) is 39.1. The number of nitrogens with two attached hydrogens (primary N) is 1. The number of rotatable bonds is 25. The number of amides is 5. The van der Waals surface area contributed by atoms with Gasteiger partial charge in [-0.2, -0.15) is 0 Å². The number of Topliss-reactive ketones (excluding diaryl/α,β-unsaturated/α-hetero) is 3. The van der Waals surface area contributed by atoms with Gasteiger partial charge in [-0.05, 0) is 87.6 Å². The standard InChI is InChI=1S/C60H80Br2ClF2N5O13/c1-33(2)41(26-40(71)16-11-9-10-12-18-47(72)39(31-61)32-62)56(76)68-44(17-14-20-67-57(66)77)48(73)25-38-24-43(65)45(27-42(38)64)69-58(78)82-51-28-52(74)70(7)46-23-37(22-35(4)54(46)63)21-34(3)15-13-19-50(80-8)60(79)29-49(81-53(75)30-60)36(5)55-59(51,6)83-55/h13,15,19,22-24,27,33,36,39,41,44,49-51,55,79H,9-12,14,16-18,20-21,25-26,28-32H2,1-8H3,(H,68,76)(H,69,78)(H3,66,67,77)/b19-13+,34-15+/t36-,41+,44+,49+,50-,51+,55+,59+,60-/m1/s1. The fraction of sp³-hybridized carbons (Fsp3) is 0.600. The van der Waals surface area contributed by atoms with Crippen LogP contribution < -0.4 is 26.6 Å². The molecule has 18 nitrogen and oxygen atoms in total. The Morgan fingerprint density at radius 2 is 1.66 bits per heavy atom. The van der Waals surface area contributed by atoms with Gasteiger partial charge in [0.1, 0.15) is 52.7 Å². The number of alkyl halides is 2. The summed E-state index contributed by atoms with van der Waals surface area (Å²) < 4.78 is 55.8. The molecule has 0 radical (unpaired) electrons. The van der Waals surface area contributed by atoms with Gasteiger partial charge in [-0.25, -0.2) is 18.4 Å². The van der Waals surface area contributed by atoms with Crippen molar-refractivity contribution in [1.82, 2.24) is 10.6 Å². The van der Waals surface area contributed by atoms with Crippen LogP contribution in [0.1, 0.15) is 128 Å². The van der Waals surface area contributed by atoms with Gasteiger partial charge in [0.25, 0.3) is 0 Å². The number of primary amides is 1. The fourth-order valence-electron chi connectivity index (χ4n) is 10.8. The van der Waals surface area contributed by atoms with Crippen molar-refractivity contribution in [3.05, 3.63) is 81.4 Å². The van der Waals surface area contributed by atoms with E-state index in [4.69, 9.17) is 36.3 Å². The Hall–Kier alpha value is -5.13. The maximum atomic E-state index is 16.1. The second-order valence-corrected chi connectivity index (χ2v) is 24.5. The van der Waals surface area contributed by atoms with Crippen LogP contribution in [0.2, 0.25) is 5.02 Å². The van der Waals surface area contributed by atoms with Crippen LogP contribution >= 0.6 is 43.5 Å². The Labute approximate surface area is 506 Å². The molecule has 3 aliphatic rings. The van der Waals surface area contributed by atoms with E-state index in [1.165, 1.54) is 19.1 Å². The van der Waals surface area contributed by atoms with Gasteiger partial charge in [0.15, 0.2) is 5.78 Å². The molecule has 6 N–H and O–H groups in total. The number of nitrogens with zero attached hydrogens (tertiary/aromatic N) is 1. The number of aryl methyl sites for hydroxylation is 1. The molecule has 4 bridgehead atoms. The number of hydrogen-bond acceptors (Lipinski definition) is 13. The van der Waals surface area contributed by atoms with Crippen LogP contribution in [-0.2, 0) is 60.6 Å². The fourth-order valence-corrected chi connectivity index (χ4v) is 12.8. The molecule has 2 saturated heterocycles. The summed E-state index contributed by atoms with van der Waals surface area (Å²) in [6, 6.07) is 2.98. The zero-order valence-electron chi connectivity index (χ0n) is 48.5. The third-order valence-corrected chi connectivity index (χ3v) is 18.0. The Balaban J connectivity index is 1.33. The summed E-state index contributed by atoms with van der Waals surface area (Å²) in [5, 5.41) is 20.8. The lowest BCUT2D eigenvalue weighted by Crippen LogP contribution is -2.53. The predicted molar refractivity (Wildman–Crippen MR) is 318 cm³/mol. The SMILES string of the molecule is CO[C@@H]1/C=C/C=C(\C)Cc2cc(C)c(Cl)c(c2)N(C)C(=O)C[C@H](OC(=O)Nc2cc(F)c(CC(=O)[C@H](CCCNC(N)=O)NC(=O)[C@@H](CC(=O)CCCCCCC(=O)C(CBr)CBr)C(C)C)cc2F)[C@]2(C)O[C@H]2[C@H](C)[C@@H]2C[C@@]1(O)CC(=O)O2. The number of fused-ring (bicyclic) bond motifs is 5. The molecule has 0 aromatic heterocycles. The number of nitrogens with one attached hydrogen (secondary N) is 3. The van der Waals surface area contributed by atoms with E-state index in [9.17, 15) is 43.5 Å². The van der Waals surface area contributed by atoms with E-state index in [1.54, 1.807) is 52.8 Å². The largest absolute Gasteiger partial charge is 0.462 e. The molecule has 0 saturated carbocycles. The highest BCUT2D eigenvalue weighted by Crippen LogP contribution is 2.50. The number of benzene rings is 2. The highest BCUT2D eigenvalue weighted by molar-refractivity contribution is 9.09. The molecule has 2 aromatic carbocycles. The third-order valence-electron chi connectivity index (χ3n) is 15.9. The molecule has 5 amide bonds. The van der Waals surface area contributed by atoms with Crippen molar-refractivity contribution in [3.63, 3.8) is 0 Å². The van der Waals surface area contributed by atoms with Crippen LogP contribution in [0.4, 0.5) is 29.7 Å². The molecule has 83 heavy (non-hydrogen) atoms. The van der Waals surface area contributed by atoms with Gasteiger partial charge in [0.05, 0.1) is 41.4 Å². The highest BCUT2D eigenvalue weighted by atomic mass is 79.9. The number of aliphatic hydroxyl groups is 1. The number of carbonyl (C=O) groups excluding carboxylic acids is 8. The molecule has 0 unspecified atom stereocenters. The van der Waals surface area contributed by atoms with Crippen molar-refractivity contribution >= 4 is 102 Å². The van der Waals surface area contributed by atoms with Crippen molar-refractivity contribution in [2.24, 2.45) is 29.4 Å². The summed E-state index contributed by atoms with van der Waals surface area (Å²) in [5.74, 6) is -6.67. The number of urea groups is 1. The van der Waals surface area contributed by atoms with E-state index in [0.29, 0.717) is 58.7 Å². The Bertz CT molecular complexity index is 2770. The topological polar surface area (TPSA) is 262 Å². The number of unbranched alkanes of at least 4 members (excludes halogenated alkanes) is 3. The lowest BCUT2D eigenvalue weighted by molar-refractivity contribution is -0.187. The molecule has 5 rings (SSSR count). The van der Waals surface area contributed by atoms with E-state index < -0.39 is 125 Å². The number of epoxide rings is 1. The molecule has 9 atom stereocenters. The molecule has 458 valence electrons. The average Bonchev–Trinajstić information content (AvgIpc) is 1.83. The first-order valence-electron chi connectivity index (χ1n) is 28.1. The van der Waals surface area contributed by atoms with Crippen molar-refractivity contribution in [2.45, 2.75) is 173 Å². The van der Waals surface area contributed by atoms with Gasteiger partial charge >= 0.3 is 18.1 Å². The van der Waals surface area contributed by atoms with Gasteiger partial charge in [-0.1, -0.05) is 107 Å². The van der Waals surface area contributed by atoms with E-state index in [2.05, 4.69) is 47.8 Å². The van der Waals surface area contributed by atoms with E-state index in [-0.39, 0.29) is 68.5 Å². The smallest absolute Gasteiger partial charge is 0.412 e. The van der Waals surface area contributed by atoms with Crippen molar-refractivity contribution in [2.75, 3.05) is 41.6 Å². The number of carbonyl (C=O) groups is 8. The van der Waals surface area contributed by atoms with E-state index >= 15 is 8.78 Å². The number of hydrogen-bond donors (Lipinski definition) is 5. The van der Waals surface area contributed by atoms with Crippen LogP contribution in [0.5, 0.6) is 0 Å². The minimum absolute atomic E-state index is 0.0339. The summed E-state index contributed by atoms with van der Waals surface area (Å²) in [5.41, 5.74) is 3.81. The number of methoxy groups -OCH3 is 1. The zero-order valence-corrected chi connectivity index (χ0v) is 52.4. The average molecular weight is 1310 g/mol. The van der Waals surface area contributed by atoms with E-state index in [1.807, 2.05) is 19.1 Å². The summed E-state index contributed by atoms with van der Waals surface area (Å²) in [6.07, 6.45) is 2.17. The lowest BCUT2D eigenvalue weighted by atomic mass is 9.78. The van der Waals surface area contributed by atoms with Crippen molar-refractivity contribution in [1.29, 1.82) is 0 Å². The first kappa shape index (κ1) is 68.6. The number of anilines is 2.